The summed E-state index contributed by atoms with van der Waals surface area (Å²) in [6.45, 7) is 5.86. The number of hydrogen-bond donors (Lipinski definition) is 3. The smallest absolute Gasteiger partial charge is 0.329 e. The lowest BCUT2D eigenvalue weighted by Crippen LogP contribution is -2.37. The maximum absolute atomic E-state index is 12.6. The lowest BCUT2D eigenvalue weighted by molar-refractivity contribution is -0.139. The number of nitrogens with zero attached hydrogens (tertiary/aromatic N) is 1. The number of hydrogen-bond acceptors (Lipinski definition) is 7. The second-order valence-electron chi connectivity index (χ2n) is 8.87. The zero-order valence-electron chi connectivity index (χ0n) is 22.9. The van der Waals surface area contributed by atoms with Crippen molar-refractivity contribution in [2.45, 2.75) is 27.3 Å². The van der Waals surface area contributed by atoms with E-state index in [4.69, 9.17) is 14.2 Å². The minimum atomic E-state index is -0.906. The van der Waals surface area contributed by atoms with Crippen molar-refractivity contribution in [3.05, 3.63) is 79.9 Å². The van der Waals surface area contributed by atoms with Crippen molar-refractivity contribution in [3.8, 4) is 17.2 Å². The van der Waals surface area contributed by atoms with Crippen LogP contribution in [0.4, 0.5) is 5.69 Å². The van der Waals surface area contributed by atoms with Crippen LogP contribution in [0.3, 0.4) is 0 Å². The van der Waals surface area contributed by atoms with E-state index in [9.17, 15) is 14.4 Å². The molecule has 0 aliphatic heterocycles. The average molecular weight is 658 g/mol. The topological polar surface area (TPSA) is 127 Å². The largest absolute Gasteiger partial charge is 0.497 e. The molecule has 0 atom stereocenters. The SMILES string of the molecule is COc1ccc(CNC(=O)C(=O)N/N=C\c2cc(I)c(OCC(=O)Nc3c(C)cc(C)cc3C)c(OC)c2)cc1. The van der Waals surface area contributed by atoms with Crippen molar-refractivity contribution in [2.75, 3.05) is 26.1 Å². The van der Waals surface area contributed by atoms with E-state index in [1.807, 2.05) is 32.9 Å². The van der Waals surface area contributed by atoms with Crippen LogP contribution in [0.2, 0.25) is 0 Å². The third kappa shape index (κ3) is 8.43. The predicted octanol–water partition coefficient (Wildman–Crippen LogP) is 4.02. The highest BCUT2D eigenvalue weighted by molar-refractivity contribution is 14.1. The molecule has 210 valence electrons. The lowest BCUT2D eigenvalue weighted by Gasteiger charge is -2.15. The number of carbonyl (C=O) groups is 3. The maximum atomic E-state index is 12.6. The number of methoxy groups -OCH3 is 2. The molecular weight excluding hydrogens is 627 g/mol. The van der Waals surface area contributed by atoms with E-state index in [2.05, 4.69) is 43.8 Å². The van der Waals surface area contributed by atoms with Gasteiger partial charge < -0.3 is 24.8 Å². The summed E-state index contributed by atoms with van der Waals surface area (Å²) in [6, 6.07) is 14.5. The molecule has 0 fully saturated rings. The summed E-state index contributed by atoms with van der Waals surface area (Å²) < 4.78 is 17.0. The number of rotatable bonds is 10. The van der Waals surface area contributed by atoms with E-state index >= 15 is 0 Å². The van der Waals surface area contributed by atoms with Gasteiger partial charge in [-0.3, -0.25) is 14.4 Å². The van der Waals surface area contributed by atoms with E-state index in [1.54, 1.807) is 43.5 Å². The number of carbonyl (C=O) groups excluding carboxylic acids is 3. The molecule has 3 aromatic rings. The monoisotopic (exact) mass is 658 g/mol. The molecule has 40 heavy (non-hydrogen) atoms. The Hall–Kier alpha value is -4.13. The van der Waals surface area contributed by atoms with Crippen LogP contribution in [-0.2, 0) is 20.9 Å². The molecule has 0 saturated heterocycles. The van der Waals surface area contributed by atoms with Gasteiger partial charge in [-0.25, -0.2) is 5.43 Å². The first kappa shape index (κ1) is 30.4. The highest BCUT2D eigenvalue weighted by atomic mass is 127. The van der Waals surface area contributed by atoms with Crippen molar-refractivity contribution in [2.24, 2.45) is 5.10 Å². The minimum absolute atomic E-state index is 0.180. The third-order valence-corrected chi connectivity index (χ3v) is 6.54. The number of aryl methyl sites for hydroxylation is 3. The summed E-state index contributed by atoms with van der Waals surface area (Å²) >= 11 is 2.06. The number of hydrazone groups is 1. The molecule has 0 saturated carbocycles. The van der Waals surface area contributed by atoms with Gasteiger partial charge in [0.15, 0.2) is 18.1 Å². The molecular formula is C29H31IN4O6. The molecule has 0 radical (unpaired) electrons. The maximum Gasteiger partial charge on any atom is 0.329 e. The molecule has 3 amide bonds. The first-order valence-corrected chi connectivity index (χ1v) is 13.3. The van der Waals surface area contributed by atoms with Crippen molar-refractivity contribution in [1.29, 1.82) is 0 Å². The van der Waals surface area contributed by atoms with Gasteiger partial charge in [-0.05, 0) is 89.9 Å². The van der Waals surface area contributed by atoms with Gasteiger partial charge in [0.1, 0.15) is 5.75 Å². The molecule has 0 unspecified atom stereocenters. The molecule has 3 rings (SSSR count). The Morgan fingerprint density at radius 1 is 0.925 bits per heavy atom. The Balaban J connectivity index is 1.55. The van der Waals surface area contributed by atoms with Crippen molar-refractivity contribution in [1.82, 2.24) is 10.7 Å². The van der Waals surface area contributed by atoms with Gasteiger partial charge in [0.2, 0.25) is 0 Å². The molecule has 11 heteroatoms. The lowest BCUT2D eigenvalue weighted by atomic mass is 10.1. The van der Waals surface area contributed by atoms with Gasteiger partial charge >= 0.3 is 11.8 Å². The third-order valence-electron chi connectivity index (χ3n) is 5.74. The highest BCUT2D eigenvalue weighted by Gasteiger charge is 2.15. The van der Waals surface area contributed by atoms with E-state index in [0.29, 0.717) is 26.4 Å². The van der Waals surface area contributed by atoms with E-state index in [1.165, 1.54) is 13.3 Å². The van der Waals surface area contributed by atoms with E-state index < -0.39 is 11.8 Å². The van der Waals surface area contributed by atoms with Crippen LogP contribution in [-0.4, -0.2) is 44.8 Å². The molecule has 0 aromatic heterocycles. The number of benzene rings is 3. The number of nitrogens with one attached hydrogen (secondary N) is 3. The van der Waals surface area contributed by atoms with Crippen LogP contribution in [0.5, 0.6) is 17.2 Å². The summed E-state index contributed by atoms with van der Waals surface area (Å²) in [5, 5.41) is 9.30. The Morgan fingerprint density at radius 3 is 2.23 bits per heavy atom. The van der Waals surface area contributed by atoms with Crippen LogP contribution in [0, 0.1) is 24.3 Å². The van der Waals surface area contributed by atoms with Crippen LogP contribution in [0.15, 0.2) is 53.6 Å². The van der Waals surface area contributed by atoms with Crippen LogP contribution >= 0.6 is 22.6 Å². The van der Waals surface area contributed by atoms with Crippen molar-refractivity contribution < 1.29 is 28.6 Å². The number of halogens is 1. The van der Waals surface area contributed by atoms with Crippen LogP contribution < -0.4 is 30.3 Å². The van der Waals surface area contributed by atoms with E-state index in [-0.39, 0.29) is 19.1 Å². The van der Waals surface area contributed by atoms with E-state index in [0.717, 1.165) is 27.9 Å². The Morgan fingerprint density at radius 2 is 1.60 bits per heavy atom. The molecule has 0 heterocycles. The summed E-state index contributed by atoms with van der Waals surface area (Å²) in [5.74, 6) is -0.551. The number of anilines is 1. The summed E-state index contributed by atoms with van der Waals surface area (Å²) in [7, 11) is 3.05. The number of amides is 3. The fourth-order valence-corrected chi connectivity index (χ4v) is 4.65. The minimum Gasteiger partial charge on any atom is -0.497 e. The molecule has 0 spiro atoms. The normalized spacial score (nSPS) is 10.7. The zero-order valence-corrected chi connectivity index (χ0v) is 25.0. The molecule has 10 nitrogen and oxygen atoms in total. The highest BCUT2D eigenvalue weighted by Crippen LogP contribution is 2.33. The molecule has 0 aliphatic rings. The van der Waals surface area contributed by atoms with Gasteiger partial charge in [0.25, 0.3) is 5.91 Å². The first-order chi connectivity index (χ1) is 19.1. The second kappa shape index (κ2) is 14.3. The van der Waals surface area contributed by atoms with Crippen molar-refractivity contribution >= 4 is 52.2 Å². The Labute approximate surface area is 246 Å². The van der Waals surface area contributed by atoms with Crippen molar-refractivity contribution in [3.63, 3.8) is 0 Å². The van der Waals surface area contributed by atoms with Gasteiger partial charge in [-0.15, -0.1) is 0 Å². The van der Waals surface area contributed by atoms with Crippen LogP contribution in [0.25, 0.3) is 0 Å². The molecule has 0 bridgehead atoms. The van der Waals surface area contributed by atoms with Crippen LogP contribution in [0.1, 0.15) is 27.8 Å². The van der Waals surface area contributed by atoms with Gasteiger partial charge in [-0.1, -0.05) is 29.8 Å². The summed E-state index contributed by atoms with van der Waals surface area (Å²) in [4.78, 5) is 36.8. The van der Waals surface area contributed by atoms with Gasteiger partial charge in [0.05, 0.1) is 24.0 Å². The fraction of sp³-hybridized carbons (Fsp3) is 0.241. The summed E-state index contributed by atoms with van der Waals surface area (Å²) in [6.07, 6.45) is 1.37. The van der Waals surface area contributed by atoms with Gasteiger partial charge in [-0.2, -0.15) is 5.10 Å². The Kier molecular flexibility index (Phi) is 10.9. The molecule has 3 N–H and O–H groups in total. The molecule has 0 aliphatic carbocycles. The fourth-order valence-electron chi connectivity index (χ4n) is 3.87. The number of ether oxygens (including phenoxy) is 3. The predicted molar refractivity (Wildman–Crippen MR) is 161 cm³/mol. The zero-order chi connectivity index (χ0) is 29.2. The standard InChI is InChI=1S/C29H31IN4O6/c1-17-10-18(2)26(19(3)11-17)33-25(35)16-40-27-23(30)12-21(13-24(27)39-5)15-32-34-29(37)28(36)31-14-20-6-8-22(38-4)9-7-20/h6-13,15H,14,16H2,1-5H3,(H,31,36)(H,33,35)(H,34,37)/b32-15-. The quantitative estimate of drug-likeness (QED) is 0.131. The Bertz CT molecular complexity index is 1400. The second-order valence-corrected chi connectivity index (χ2v) is 10.0. The molecule has 3 aromatic carbocycles. The average Bonchev–Trinajstić information content (AvgIpc) is 2.92. The first-order valence-electron chi connectivity index (χ1n) is 12.2. The summed E-state index contributed by atoms with van der Waals surface area (Å²) in [5.41, 5.74) is 7.45. The van der Waals surface area contributed by atoms with Gasteiger partial charge in [0, 0.05) is 12.2 Å².